The number of hydrogen-bond acceptors (Lipinski definition) is 4. The fraction of sp³-hybridized carbons (Fsp3) is 0.0909. The molecule has 4 aromatic carbocycles. The predicted octanol–water partition coefficient (Wildman–Crippen LogP) is 8.72. The van der Waals surface area contributed by atoms with E-state index in [9.17, 15) is 0 Å². The minimum atomic E-state index is -0.380. The molecule has 40 heavy (non-hydrogen) atoms. The van der Waals surface area contributed by atoms with Crippen molar-refractivity contribution in [3.8, 4) is 11.4 Å². The van der Waals surface area contributed by atoms with Crippen molar-refractivity contribution in [2.45, 2.75) is 19.3 Å². The summed E-state index contributed by atoms with van der Waals surface area (Å²) in [4.78, 5) is 0. The van der Waals surface area contributed by atoms with Crippen LogP contribution in [0.1, 0.15) is 25.2 Å². The van der Waals surface area contributed by atoms with Crippen LogP contribution < -0.4 is 0 Å². The number of thiophene rings is 2. The zero-order valence-electron chi connectivity index (χ0n) is 21.7. The largest absolute Gasteiger partial charge is 2.00 e. The predicted molar refractivity (Wildman–Crippen MR) is 163 cm³/mol. The fourth-order valence-corrected chi connectivity index (χ4v) is 7.43. The molecule has 196 valence electrons. The van der Waals surface area contributed by atoms with Crippen LogP contribution in [-0.2, 0) is 26.5 Å². The van der Waals surface area contributed by atoms with Crippen molar-refractivity contribution in [1.82, 2.24) is 19.6 Å². The summed E-state index contributed by atoms with van der Waals surface area (Å²) >= 11 is 3.60. The standard InChI is InChI=1S/C33H22N4S2.Pt/c1-33(2,31-15-17-36(34-31)21-11-13-29-25(19-21)23-7-3-5-9-27(23)38-29)32-16-18-37(35-32)22-12-14-30-26(20-22)24-8-4-6-10-28(24)39-30;/h3-10,13-20H,1-2H3;/q-2;+2. The molecule has 4 aromatic heterocycles. The van der Waals surface area contributed by atoms with E-state index in [1.165, 1.54) is 40.3 Å². The van der Waals surface area contributed by atoms with Gasteiger partial charge in [0.1, 0.15) is 0 Å². The Labute approximate surface area is 253 Å². The van der Waals surface area contributed by atoms with E-state index >= 15 is 0 Å². The summed E-state index contributed by atoms with van der Waals surface area (Å²) in [6.07, 6.45) is 4.04. The third-order valence-corrected chi connectivity index (χ3v) is 9.81. The summed E-state index contributed by atoms with van der Waals surface area (Å²) in [6, 6.07) is 36.6. The Morgan fingerprint density at radius 3 is 1.52 bits per heavy atom. The molecular formula is C33H22N4PtS2. The van der Waals surface area contributed by atoms with Crippen LogP contribution >= 0.6 is 22.7 Å². The maximum absolute atomic E-state index is 4.98. The molecule has 0 spiro atoms. The van der Waals surface area contributed by atoms with Gasteiger partial charge in [0.2, 0.25) is 0 Å². The van der Waals surface area contributed by atoms with Crippen LogP contribution in [0.3, 0.4) is 0 Å². The first-order chi connectivity index (χ1) is 19.0. The van der Waals surface area contributed by atoms with Gasteiger partial charge in [-0.05, 0) is 60.3 Å². The van der Waals surface area contributed by atoms with Crippen LogP contribution in [0, 0.1) is 12.1 Å². The molecule has 0 saturated heterocycles. The topological polar surface area (TPSA) is 35.6 Å². The molecule has 7 heteroatoms. The smallest absolute Gasteiger partial charge is 0.265 e. The van der Waals surface area contributed by atoms with E-state index in [0.717, 1.165) is 22.8 Å². The van der Waals surface area contributed by atoms with Crippen LogP contribution in [0.2, 0.25) is 0 Å². The summed E-state index contributed by atoms with van der Waals surface area (Å²) in [6.45, 7) is 4.34. The number of fused-ring (bicyclic) bond motifs is 6. The van der Waals surface area contributed by atoms with E-state index in [1.54, 1.807) is 22.7 Å². The van der Waals surface area contributed by atoms with E-state index in [-0.39, 0.29) is 26.5 Å². The van der Waals surface area contributed by atoms with E-state index in [2.05, 4.69) is 111 Å². The Bertz CT molecular complexity index is 2030. The maximum Gasteiger partial charge on any atom is 2.00 e. The van der Waals surface area contributed by atoms with Gasteiger partial charge in [-0.15, -0.1) is 22.9 Å². The third-order valence-electron chi connectivity index (χ3n) is 7.54. The normalized spacial score (nSPS) is 12.1. The van der Waals surface area contributed by atoms with Crippen LogP contribution in [0.5, 0.6) is 0 Å². The monoisotopic (exact) mass is 733 g/mol. The molecule has 0 bridgehead atoms. The van der Waals surface area contributed by atoms with Gasteiger partial charge in [-0.1, -0.05) is 45.8 Å². The van der Waals surface area contributed by atoms with Gasteiger partial charge in [0.05, 0.1) is 16.8 Å². The van der Waals surface area contributed by atoms with Gasteiger partial charge >= 0.3 is 21.1 Å². The average Bonchev–Trinajstić information content (AvgIpc) is 3.76. The molecule has 8 rings (SSSR count). The first-order valence-corrected chi connectivity index (χ1v) is 14.5. The molecule has 0 aliphatic carbocycles. The van der Waals surface area contributed by atoms with Gasteiger partial charge in [-0.2, -0.15) is 34.5 Å². The Kier molecular flexibility index (Phi) is 6.04. The number of rotatable bonds is 4. The second-order valence-corrected chi connectivity index (χ2v) is 12.5. The Morgan fingerprint density at radius 2 is 1.05 bits per heavy atom. The second kappa shape index (κ2) is 9.52. The van der Waals surface area contributed by atoms with Crippen LogP contribution in [0.25, 0.3) is 51.7 Å². The molecule has 0 unspecified atom stereocenters. The van der Waals surface area contributed by atoms with Crippen LogP contribution in [-0.4, -0.2) is 19.6 Å². The quantitative estimate of drug-likeness (QED) is 0.170. The minimum Gasteiger partial charge on any atom is -0.265 e. The Hall–Kier alpha value is -3.57. The molecule has 8 aromatic rings. The molecule has 0 radical (unpaired) electrons. The van der Waals surface area contributed by atoms with Crippen LogP contribution in [0.4, 0.5) is 0 Å². The summed E-state index contributed by atoms with van der Waals surface area (Å²) in [5.41, 5.74) is 3.41. The minimum absolute atomic E-state index is 0. The van der Waals surface area contributed by atoms with Crippen molar-refractivity contribution >= 4 is 63.0 Å². The third kappa shape index (κ3) is 3.97. The molecule has 0 atom stereocenters. The van der Waals surface area contributed by atoms with Gasteiger partial charge in [-0.25, -0.2) is 22.7 Å². The van der Waals surface area contributed by atoms with Crippen molar-refractivity contribution in [2.24, 2.45) is 0 Å². The molecule has 0 aliphatic heterocycles. The summed E-state index contributed by atoms with van der Waals surface area (Å²) in [7, 11) is 0. The van der Waals surface area contributed by atoms with Crippen molar-refractivity contribution in [3.05, 3.63) is 121 Å². The van der Waals surface area contributed by atoms with E-state index in [1.807, 2.05) is 21.8 Å². The van der Waals surface area contributed by atoms with Crippen molar-refractivity contribution in [1.29, 1.82) is 0 Å². The van der Waals surface area contributed by atoms with Gasteiger partial charge in [0.15, 0.2) is 0 Å². The van der Waals surface area contributed by atoms with Gasteiger partial charge in [-0.3, -0.25) is 9.36 Å². The molecule has 0 aliphatic rings. The van der Waals surface area contributed by atoms with Crippen LogP contribution in [0.15, 0.2) is 97.3 Å². The zero-order chi connectivity index (χ0) is 26.1. The van der Waals surface area contributed by atoms with E-state index in [4.69, 9.17) is 10.2 Å². The Morgan fingerprint density at radius 1 is 0.600 bits per heavy atom. The van der Waals surface area contributed by atoms with E-state index < -0.39 is 0 Å². The number of aromatic nitrogens is 4. The van der Waals surface area contributed by atoms with Gasteiger partial charge < -0.3 is 0 Å². The van der Waals surface area contributed by atoms with Crippen molar-refractivity contribution < 1.29 is 21.1 Å². The van der Waals surface area contributed by atoms with Crippen molar-refractivity contribution in [2.75, 3.05) is 0 Å². The molecule has 4 heterocycles. The SMILES string of the molecule is CC(C)(c1ccn(-c2[c-]cc3sc4ccccc4c3c2)n1)c1ccn(-c2[c-]cc3sc4ccccc4c3c2)n1.[Pt+2]. The number of hydrogen-bond donors (Lipinski definition) is 0. The summed E-state index contributed by atoms with van der Waals surface area (Å²) < 4.78 is 8.90. The summed E-state index contributed by atoms with van der Waals surface area (Å²) in [5.74, 6) is 0. The van der Waals surface area contributed by atoms with Gasteiger partial charge in [0.25, 0.3) is 0 Å². The van der Waals surface area contributed by atoms with E-state index in [0.29, 0.717) is 0 Å². The molecular weight excluding hydrogens is 712 g/mol. The molecule has 0 fully saturated rings. The Balaban J connectivity index is 0.00000264. The molecule has 0 N–H and O–H groups in total. The van der Waals surface area contributed by atoms with Gasteiger partial charge in [0, 0.05) is 21.8 Å². The fourth-order valence-electron chi connectivity index (χ4n) is 5.30. The summed E-state index contributed by atoms with van der Waals surface area (Å²) in [5, 5.41) is 15.0. The zero-order valence-corrected chi connectivity index (χ0v) is 25.6. The molecule has 0 amide bonds. The van der Waals surface area contributed by atoms with Crippen molar-refractivity contribution in [3.63, 3.8) is 0 Å². The number of benzene rings is 4. The average molecular weight is 734 g/mol. The second-order valence-electron chi connectivity index (χ2n) is 10.3. The molecule has 4 nitrogen and oxygen atoms in total. The maximum atomic E-state index is 4.98. The number of nitrogens with zero attached hydrogens (tertiary/aromatic N) is 4. The first-order valence-electron chi connectivity index (χ1n) is 12.8. The first kappa shape index (κ1) is 25.4. The molecule has 0 saturated carbocycles.